The quantitative estimate of drug-likeness (QED) is 0.412. The standard InChI is InChI=1S/C18H15BrF3N7S/c1-11-15(19)16(18(20,21)22)26-28(11)10-14-24-25-17(30)29(14)13-7-23-27(9-13)8-12-5-3-2-4-6-12/h2-7,9H,8,10H2,1H3,(H,25,30). The van der Waals surface area contributed by atoms with Crippen LogP contribution >= 0.6 is 28.1 Å². The summed E-state index contributed by atoms with van der Waals surface area (Å²) in [6.45, 7) is 2.12. The van der Waals surface area contributed by atoms with E-state index in [1.54, 1.807) is 28.6 Å². The zero-order valence-electron chi connectivity index (χ0n) is 15.6. The normalized spacial score (nSPS) is 11.9. The van der Waals surface area contributed by atoms with Crippen molar-refractivity contribution in [1.29, 1.82) is 0 Å². The Morgan fingerprint density at radius 1 is 1.17 bits per heavy atom. The van der Waals surface area contributed by atoms with Crippen molar-refractivity contribution in [2.45, 2.75) is 26.2 Å². The maximum Gasteiger partial charge on any atom is 0.436 e. The lowest BCUT2D eigenvalue weighted by Gasteiger charge is -2.06. The van der Waals surface area contributed by atoms with Gasteiger partial charge in [-0.05, 0) is 40.6 Å². The van der Waals surface area contributed by atoms with Gasteiger partial charge in [0.1, 0.15) is 6.54 Å². The molecule has 0 amide bonds. The second-order valence-corrected chi connectivity index (χ2v) is 7.75. The third-order valence-electron chi connectivity index (χ3n) is 4.50. The maximum atomic E-state index is 13.2. The van der Waals surface area contributed by atoms with Gasteiger partial charge in [0.05, 0.1) is 28.6 Å². The number of rotatable bonds is 5. The first-order valence-corrected chi connectivity index (χ1v) is 9.97. The number of halogens is 4. The van der Waals surface area contributed by atoms with E-state index in [0.717, 1.165) is 5.56 Å². The lowest BCUT2D eigenvalue weighted by Crippen LogP contribution is -2.12. The summed E-state index contributed by atoms with van der Waals surface area (Å²) >= 11 is 8.30. The van der Waals surface area contributed by atoms with Crippen LogP contribution in [0.1, 0.15) is 22.8 Å². The molecular weight excluding hydrogens is 483 g/mol. The van der Waals surface area contributed by atoms with Crippen LogP contribution in [0.25, 0.3) is 5.69 Å². The Labute approximate surface area is 182 Å². The Morgan fingerprint density at radius 2 is 1.90 bits per heavy atom. The summed E-state index contributed by atoms with van der Waals surface area (Å²) in [5.41, 5.74) is 1.10. The molecule has 1 aromatic carbocycles. The number of benzene rings is 1. The molecule has 0 saturated carbocycles. The molecular formula is C18H15BrF3N7S. The van der Waals surface area contributed by atoms with E-state index >= 15 is 0 Å². The lowest BCUT2D eigenvalue weighted by molar-refractivity contribution is -0.142. The number of aromatic nitrogens is 7. The predicted molar refractivity (Wildman–Crippen MR) is 109 cm³/mol. The van der Waals surface area contributed by atoms with Gasteiger partial charge in [0.25, 0.3) is 0 Å². The number of nitrogens with zero attached hydrogens (tertiary/aromatic N) is 6. The summed E-state index contributed by atoms with van der Waals surface area (Å²) in [6, 6.07) is 9.82. The van der Waals surface area contributed by atoms with E-state index in [2.05, 4.69) is 36.3 Å². The fourth-order valence-electron chi connectivity index (χ4n) is 3.02. The second kappa shape index (κ2) is 7.84. The molecule has 0 radical (unpaired) electrons. The number of nitrogens with one attached hydrogen (secondary N) is 1. The van der Waals surface area contributed by atoms with Crippen molar-refractivity contribution < 1.29 is 13.2 Å². The Balaban J connectivity index is 1.65. The van der Waals surface area contributed by atoms with Gasteiger partial charge in [-0.2, -0.15) is 28.5 Å². The summed E-state index contributed by atoms with van der Waals surface area (Å²) in [5, 5.41) is 14.9. The Bertz CT molecular complexity index is 1240. The molecule has 0 aliphatic carbocycles. The van der Waals surface area contributed by atoms with Crippen LogP contribution in [-0.4, -0.2) is 34.3 Å². The minimum absolute atomic E-state index is 0.00246. The molecule has 0 fully saturated rings. The Morgan fingerprint density at radius 3 is 2.57 bits per heavy atom. The molecule has 3 aromatic heterocycles. The lowest BCUT2D eigenvalue weighted by atomic mass is 10.2. The first-order valence-electron chi connectivity index (χ1n) is 8.77. The van der Waals surface area contributed by atoms with Gasteiger partial charge in [-0.1, -0.05) is 30.3 Å². The van der Waals surface area contributed by atoms with Gasteiger partial charge >= 0.3 is 6.18 Å². The van der Waals surface area contributed by atoms with Crippen LogP contribution in [0.2, 0.25) is 0 Å². The topological polar surface area (TPSA) is 69.2 Å². The molecule has 0 atom stereocenters. The van der Waals surface area contributed by atoms with Crippen LogP contribution in [0.5, 0.6) is 0 Å². The SMILES string of the molecule is Cc1c(Br)c(C(F)(F)F)nn1Cc1n[nH]c(=S)n1-c1cnn(Cc2ccccc2)c1. The van der Waals surface area contributed by atoms with Gasteiger partial charge in [0, 0.05) is 6.20 Å². The average molecular weight is 498 g/mol. The number of alkyl halides is 3. The van der Waals surface area contributed by atoms with E-state index in [4.69, 9.17) is 12.2 Å². The minimum Gasteiger partial charge on any atom is -0.267 e. The molecule has 0 bridgehead atoms. The largest absolute Gasteiger partial charge is 0.436 e. The minimum atomic E-state index is -4.56. The number of aromatic amines is 1. The first-order chi connectivity index (χ1) is 14.2. The van der Waals surface area contributed by atoms with E-state index in [1.165, 1.54) is 4.68 Å². The highest BCUT2D eigenvalue weighted by Gasteiger charge is 2.38. The zero-order valence-corrected chi connectivity index (χ0v) is 18.0. The number of hydrogen-bond donors (Lipinski definition) is 1. The molecule has 0 aliphatic heterocycles. The summed E-state index contributed by atoms with van der Waals surface area (Å²) in [5.74, 6) is 0.408. The number of hydrogen-bond acceptors (Lipinski definition) is 4. The van der Waals surface area contributed by atoms with Gasteiger partial charge in [-0.25, -0.2) is 0 Å². The van der Waals surface area contributed by atoms with Crippen LogP contribution < -0.4 is 0 Å². The Kier molecular flexibility index (Phi) is 5.36. The van der Waals surface area contributed by atoms with Crippen molar-refractivity contribution in [3.63, 3.8) is 0 Å². The smallest absolute Gasteiger partial charge is 0.267 e. The summed E-state index contributed by atoms with van der Waals surface area (Å²) in [7, 11) is 0. The molecule has 0 saturated heterocycles. The second-order valence-electron chi connectivity index (χ2n) is 6.57. The van der Waals surface area contributed by atoms with E-state index in [-0.39, 0.29) is 11.0 Å². The molecule has 3 heterocycles. The van der Waals surface area contributed by atoms with Gasteiger partial charge in [0.15, 0.2) is 16.3 Å². The monoisotopic (exact) mass is 497 g/mol. The fraction of sp³-hybridized carbons (Fsp3) is 0.222. The molecule has 30 heavy (non-hydrogen) atoms. The third kappa shape index (κ3) is 3.97. The molecule has 7 nitrogen and oxygen atoms in total. The maximum absolute atomic E-state index is 13.2. The highest BCUT2D eigenvalue weighted by Crippen LogP contribution is 2.35. The van der Waals surface area contributed by atoms with Crippen LogP contribution in [0.15, 0.2) is 47.2 Å². The average Bonchev–Trinajstić information content (AvgIpc) is 3.37. The van der Waals surface area contributed by atoms with Crippen LogP contribution in [0, 0.1) is 11.7 Å². The molecule has 0 unspecified atom stereocenters. The molecule has 4 rings (SSSR count). The first kappa shape index (κ1) is 20.5. The van der Waals surface area contributed by atoms with Crippen molar-refractivity contribution in [1.82, 2.24) is 34.3 Å². The van der Waals surface area contributed by atoms with Gasteiger partial charge < -0.3 is 0 Å². The number of H-pyrrole nitrogens is 1. The van der Waals surface area contributed by atoms with E-state index in [0.29, 0.717) is 28.5 Å². The molecule has 12 heteroatoms. The molecule has 1 N–H and O–H groups in total. The van der Waals surface area contributed by atoms with Gasteiger partial charge in [0.2, 0.25) is 0 Å². The van der Waals surface area contributed by atoms with Crippen LogP contribution in [0.3, 0.4) is 0 Å². The van der Waals surface area contributed by atoms with Crippen molar-refractivity contribution in [2.24, 2.45) is 0 Å². The van der Waals surface area contributed by atoms with Gasteiger partial charge in [-0.15, -0.1) is 0 Å². The summed E-state index contributed by atoms with van der Waals surface area (Å²) < 4.78 is 44.3. The van der Waals surface area contributed by atoms with Crippen molar-refractivity contribution >= 4 is 28.1 Å². The van der Waals surface area contributed by atoms with E-state index in [1.807, 2.05) is 30.3 Å². The molecule has 156 valence electrons. The van der Waals surface area contributed by atoms with Crippen molar-refractivity contribution in [3.05, 3.63) is 74.7 Å². The summed E-state index contributed by atoms with van der Waals surface area (Å²) in [6.07, 6.45) is -1.13. The van der Waals surface area contributed by atoms with E-state index in [9.17, 15) is 13.2 Å². The highest BCUT2D eigenvalue weighted by molar-refractivity contribution is 9.10. The van der Waals surface area contributed by atoms with Crippen molar-refractivity contribution in [2.75, 3.05) is 0 Å². The van der Waals surface area contributed by atoms with Crippen LogP contribution in [-0.2, 0) is 19.3 Å². The fourth-order valence-corrected chi connectivity index (χ4v) is 3.79. The molecule has 0 aliphatic rings. The van der Waals surface area contributed by atoms with Crippen molar-refractivity contribution in [3.8, 4) is 5.69 Å². The Hall–Kier alpha value is -2.73. The van der Waals surface area contributed by atoms with Crippen LogP contribution in [0.4, 0.5) is 13.2 Å². The van der Waals surface area contributed by atoms with Gasteiger partial charge in [-0.3, -0.25) is 19.0 Å². The third-order valence-corrected chi connectivity index (χ3v) is 5.72. The summed E-state index contributed by atoms with van der Waals surface area (Å²) in [4.78, 5) is 0. The highest BCUT2D eigenvalue weighted by atomic mass is 79.9. The predicted octanol–water partition coefficient (Wildman–Crippen LogP) is 4.51. The zero-order chi connectivity index (χ0) is 21.5. The molecule has 0 spiro atoms. The molecule has 4 aromatic rings. The van der Waals surface area contributed by atoms with E-state index < -0.39 is 11.9 Å².